The van der Waals surface area contributed by atoms with E-state index in [9.17, 15) is 27.6 Å². The summed E-state index contributed by atoms with van der Waals surface area (Å²) in [5.74, 6) is -1.85. The second-order valence-electron chi connectivity index (χ2n) is 17.7. The number of nitrogens with one attached hydrogen (secondary N) is 3. The third-order valence-electron chi connectivity index (χ3n) is 13.2. The minimum atomic E-state index is -4.02. The molecule has 3 N–H and O–H groups in total. The molecular weight excluding hydrogens is 927 g/mol. The number of furan rings is 1. The van der Waals surface area contributed by atoms with Crippen LogP contribution in [-0.4, -0.2) is 88.2 Å². The Morgan fingerprint density at radius 2 is 1.74 bits per heavy atom. The number of halogens is 1. The minimum absolute atomic E-state index is 0.00317. The molecule has 3 saturated carbocycles. The number of benzene rings is 2. The quantitative estimate of drug-likeness (QED) is 0.0910. The summed E-state index contributed by atoms with van der Waals surface area (Å²) in [6.45, 7) is 1.53. The molecule has 9 rings (SSSR count). The summed E-state index contributed by atoms with van der Waals surface area (Å²) in [6.07, 6.45) is 9.81. The van der Waals surface area contributed by atoms with Crippen molar-refractivity contribution < 1.29 is 41.5 Å². The molecule has 2 aromatic carbocycles. The number of sulfonamides is 1. The van der Waals surface area contributed by atoms with Crippen LogP contribution in [0.2, 0.25) is 0 Å². The number of hydrogen-bond donors (Lipinski definition) is 3. The van der Waals surface area contributed by atoms with Gasteiger partial charge in [-0.15, -0.1) is 0 Å². The lowest BCUT2D eigenvalue weighted by atomic mass is 10.0. The van der Waals surface area contributed by atoms with Crippen LogP contribution >= 0.6 is 22.6 Å². The van der Waals surface area contributed by atoms with Gasteiger partial charge in [0.1, 0.15) is 40.9 Å². The normalized spacial score (nSPS) is 27.0. The molecule has 0 radical (unpaired) electrons. The van der Waals surface area contributed by atoms with Gasteiger partial charge in [0.2, 0.25) is 27.4 Å². The summed E-state index contributed by atoms with van der Waals surface area (Å²) in [7, 11) is -4.02. The van der Waals surface area contributed by atoms with Crippen molar-refractivity contribution in [3.63, 3.8) is 0 Å². The van der Waals surface area contributed by atoms with E-state index in [-0.39, 0.29) is 31.4 Å². The molecule has 4 amide bonds. The first-order chi connectivity index (χ1) is 29.9. The number of ether oxygens (including phenoxy) is 2. The Morgan fingerprint density at radius 1 is 0.984 bits per heavy atom. The molecule has 5 atom stereocenters. The maximum atomic E-state index is 14.8. The summed E-state index contributed by atoms with van der Waals surface area (Å²) in [5.41, 5.74) is 1.79. The van der Waals surface area contributed by atoms with Gasteiger partial charge in [-0.3, -0.25) is 19.1 Å². The zero-order valence-corrected chi connectivity index (χ0v) is 37.5. The Hall–Kier alpha value is -4.78. The Bertz CT molecular complexity index is 2540. The molecule has 17 heteroatoms. The van der Waals surface area contributed by atoms with E-state index in [1.54, 1.807) is 6.92 Å². The largest absolute Gasteiger partial charge is 0.470 e. The van der Waals surface area contributed by atoms with Gasteiger partial charge in [-0.1, -0.05) is 84.0 Å². The van der Waals surface area contributed by atoms with Crippen molar-refractivity contribution in [1.29, 1.82) is 0 Å². The average Bonchev–Trinajstić information content (AvgIpc) is 3.92. The summed E-state index contributed by atoms with van der Waals surface area (Å²) in [5, 5.41) is 6.53. The number of carbonyl (C=O) groups is 4. The highest BCUT2D eigenvalue weighted by Crippen LogP contribution is 2.48. The molecule has 1 saturated heterocycles. The van der Waals surface area contributed by atoms with E-state index in [2.05, 4.69) is 37.9 Å². The van der Waals surface area contributed by atoms with Gasteiger partial charge in [0.25, 0.3) is 11.8 Å². The van der Waals surface area contributed by atoms with E-state index in [1.165, 1.54) is 4.90 Å². The first kappa shape index (κ1) is 42.5. The van der Waals surface area contributed by atoms with Crippen LogP contribution in [0.25, 0.3) is 33.5 Å². The predicted octanol–water partition coefficient (Wildman–Crippen LogP) is 6.76. The van der Waals surface area contributed by atoms with Gasteiger partial charge in [0.05, 0.1) is 11.3 Å². The van der Waals surface area contributed by atoms with Gasteiger partial charge >= 0.3 is 6.09 Å². The van der Waals surface area contributed by atoms with E-state index in [0.29, 0.717) is 54.6 Å². The fraction of sp³-hybridized carbons (Fsp3) is 0.511. The molecular formula is C45H51IN6O9S. The van der Waals surface area contributed by atoms with Gasteiger partial charge in [0, 0.05) is 27.7 Å². The smallest absolute Gasteiger partial charge is 0.408 e. The van der Waals surface area contributed by atoms with Gasteiger partial charge in [-0.2, -0.15) is 4.98 Å². The second-order valence-corrected chi connectivity index (χ2v) is 20.6. The highest BCUT2D eigenvalue weighted by Gasteiger charge is 2.63. The number of nitrogens with zero attached hydrogens (tertiary/aromatic N) is 3. The topological polar surface area (TPSA) is 199 Å². The average molecular weight is 979 g/mol. The van der Waals surface area contributed by atoms with Gasteiger partial charge < -0.3 is 29.4 Å². The van der Waals surface area contributed by atoms with Crippen LogP contribution < -0.4 is 20.1 Å². The Labute approximate surface area is 373 Å². The third-order valence-corrected chi connectivity index (χ3v) is 16.2. The highest BCUT2D eigenvalue weighted by molar-refractivity contribution is 14.1. The molecule has 4 aromatic rings. The number of fused-ring (bicyclic) bond motifs is 5. The van der Waals surface area contributed by atoms with Crippen molar-refractivity contribution >= 4 is 78.5 Å². The summed E-state index contributed by atoms with van der Waals surface area (Å²) in [6, 6.07) is 13.2. The molecule has 328 valence electrons. The minimum Gasteiger partial charge on any atom is -0.470 e. The first-order valence-corrected chi connectivity index (χ1v) is 24.7. The van der Waals surface area contributed by atoms with Crippen molar-refractivity contribution in [2.75, 3.05) is 6.54 Å². The molecule has 2 aliphatic heterocycles. The number of hydrogen-bond acceptors (Lipinski definition) is 11. The van der Waals surface area contributed by atoms with E-state index in [0.717, 1.165) is 59.5 Å². The molecule has 4 fully saturated rings. The lowest BCUT2D eigenvalue weighted by molar-refractivity contribution is -0.141. The summed E-state index contributed by atoms with van der Waals surface area (Å²) in [4.78, 5) is 68.0. The number of amides is 4. The van der Waals surface area contributed by atoms with Crippen molar-refractivity contribution in [2.45, 2.75) is 129 Å². The fourth-order valence-electron chi connectivity index (χ4n) is 8.96. The molecule has 62 heavy (non-hydrogen) atoms. The van der Waals surface area contributed by atoms with Gasteiger partial charge in [0.15, 0.2) is 5.82 Å². The number of alkyl carbamates (subject to hydrolysis) is 1. The number of allylic oxidation sites excluding steroid dienone is 1. The van der Waals surface area contributed by atoms with Crippen LogP contribution in [0.5, 0.6) is 5.88 Å². The number of aromatic nitrogens is 2. The molecule has 2 aromatic heterocycles. The Balaban J connectivity index is 1.05. The molecule has 0 unspecified atom stereocenters. The third kappa shape index (κ3) is 8.50. The first-order valence-electron chi connectivity index (χ1n) is 21.7. The number of carbonyl (C=O) groups excluding carboxylic acids is 4. The second kappa shape index (κ2) is 17.1. The van der Waals surface area contributed by atoms with E-state index >= 15 is 0 Å². The molecule has 15 nitrogen and oxygen atoms in total. The SMILES string of the molecule is CC1(S(=O)(=O)NC(=O)[C@@]23C[C@H]2/C=C\CCCCC[C@H](NC(=O)OC2CCCC2)C(=O)N2C[C@H](Oc4nc(-c5ccc(CI)cc5)nc5c4oc4ccccc45)C[C@H]2C(=O)N3)CC1. The molecule has 5 aliphatic rings. The van der Waals surface area contributed by atoms with Crippen LogP contribution in [0, 0.1) is 5.92 Å². The van der Waals surface area contributed by atoms with E-state index in [4.69, 9.17) is 23.9 Å². The van der Waals surface area contributed by atoms with Gasteiger partial charge in [-0.25, -0.2) is 18.2 Å². The number of rotatable bonds is 9. The van der Waals surface area contributed by atoms with Crippen molar-refractivity contribution in [3.8, 4) is 17.3 Å². The van der Waals surface area contributed by atoms with E-state index < -0.39 is 68.2 Å². The highest BCUT2D eigenvalue weighted by atomic mass is 127. The predicted molar refractivity (Wildman–Crippen MR) is 239 cm³/mol. The van der Waals surface area contributed by atoms with E-state index in [1.807, 2.05) is 60.7 Å². The molecule has 4 heterocycles. The van der Waals surface area contributed by atoms with Crippen molar-refractivity contribution in [2.24, 2.45) is 5.92 Å². The lowest BCUT2D eigenvalue weighted by Crippen LogP contribution is -2.58. The fourth-order valence-corrected chi connectivity index (χ4v) is 10.8. The Morgan fingerprint density at radius 3 is 2.50 bits per heavy atom. The zero-order chi connectivity index (χ0) is 43.2. The number of alkyl halides is 1. The van der Waals surface area contributed by atoms with Crippen molar-refractivity contribution in [1.82, 2.24) is 30.2 Å². The summed E-state index contributed by atoms with van der Waals surface area (Å²) < 4.78 is 47.3. The molecule has 0 spiro atoms. The number of para-hydroxylation sites is 1. The maximum absolute atomic E-state index is 14.8. The van der Waals surface area contributed by atoms with Crippen LogP contribution in [0.4, 0.5) is 4.79 Å². The molecule has 0 bridgehead atoms. The maximum Gasteiger partial charge on any atom is 0.408 e. The summed E-state index contributed by atoms with van der Waals surface area (Å²) >= 11 is 2.31. The van der Waals surface area contributed by atoms with Gasteiger partial charge in [-0.05, 0) is 88.8 Å². The van der Waals surface area contributed by atoms with Crippen molar-refractivity contribution in [3.05, 3.63) is 66.2 Å². The molecule has 3 aliphatic carbocycles. The Kier molecular flexibility index (Phi) is 11.7. The zero-order valence-electron chi connectivity index (χ0n) is 34.6. The van der Waals surface area contributed by atoms with Crippen LogP contribution in [0.15, 0.2) is 65.1 Å². The van der Waals surface area contributed by atoms with Crippen LogP contribution in [0.3, 0.4) is 0 Å². The monoisotopic (exact) mass is 978 g/mol. The lowest BCUT2D eigenvalue weighted by Gasteiger charge is -2.30. The van der Waals surface area contributed by atoms with Crippen LogP contribution in [-0.2, 0) is 33.6 Å². The van der Waals surface area contributed by atoms with Crippen LogP contribution in [0.1, 0.15) is 96.0 Å². The standard InChI is InChI=1S/C45H51IN6O9S/c1-44(21-22-44)62(57,58)51-42(55)45-24-29(45)11-5-3-2-4-6-15-33(47-43(56)60-30-12-7-8-13-30)41(54)52-26-31(23-34(52)39(53)50-45)59-40-37-36(32-14-9-10-16-35(32)61-37)48-38(49-40)28-19-17-27(25-46)18-20-28/h5,9-11,14,16-20,29-31,33-34H,2-4,6-8,12-13,15,21-26H2,1H3,(H,47,56)(H,50,53)(H,51,55)/b11-5-/t29-,31-,33+,34+,45-/m1/s1.